The fourth-order valence-corrected chi connectivity index (χ4v) is 2.07. The first-order valence-electron chi connectivity index (χ1n) is 6.71. The first-order chi connectivity index (χ1) is 10.2. The van der Waals surface area contributed by atoms with Crippen molar-refractivity contribution in [2.75, 3.05) is 13.2 Å². The van der Waals surface area contributed by atoms with Crippen LogP contribution in [0.25, 0.3) is 0 Å². The van der Waals surface area contributed by atoms with Crippen molar-refractivity contribution in [3.63, 3.8) is 0 Å². The molecular weight excluding hydrogens is 286 g/mol. The third kappa shape index (κ3) is 4.70. The van der Waals surface area contributed by atoms with Crippen molar-refractivity contribution >= 4 is 11.6 Å². The Kier molecular flexibility index (Phi) is 5.48. The number of nitrogens with zero attached hydrogens (tertiary/aromatic N) is 1. The minimum absolute atomic E-state index is 0.541. The van der Waals surface area contributed by atoms with Gasteiger partial charge in [-0.25, -0.2) is 0 Å². The fraction of sp³-hybridized carbons (Fsp3) is 0.235. The monoisotopic (exact) mass is 301 g/mol. The molecule has 0 saturated heterocycles. The van der Waals surface area contributed by atoms with Crippen LogP contribution in [-0.2, 0) is 0 Å². The molecule has 21 heavy (non-hydrogen) atoms. The molecule has 2 rings (SSSR count). The van der Waals surface area contributed by atoms with E-state index in [-0.39, 0.29) is 0 Å². The first-order valence-corrected chi connectivity index (χ1v) is 7.09. The van der Waals surface area contributed by atoms with Crippen molar-refractivity contribution in [2.45, 2.75) is 13.3 Å². The molecule has 0 radical (unpaired) electrons. The molecule has 0 spiro atoms. The second-order valence-corrected chi connectivity index (χ2v) is 5.03. The highest BCUT2D eigenvalue weighted by Crippen LogP contribution is 2.25. The Hall–Kier alpha value is -2.18. The average Bonchev–Trinajstić information content (AvgIpc) is 2.49. The lowest BCUT2D eigenvalue weighted by Gasteiger charge is -2.09. The van der Waals surface area contributed by atoms with Crippen LogP contribution in [-0.4, -0.2) is 13.2 Å². The van der Waals surface area contributed by atoms with E-state index in [4.69, 9.17) is 26.3 Å². The summed E-state index contributed by atoms with van der Waals surface area (Å²) in [5.41, 5.74) is 1.73. The Morgan fingerprint density at radius 1 is 1.05 bits per heavy atom. The van der Waals surface area contributed by atoms with Gasteiger partial charge in [0.2, 0.25) is 0 Å². The molecule has 0 N–H and O–H groups in total. The van der Waals surface area contributed by atoms with Gasteiger partial charge in [0.15, 0.2) is 0 Å². The molecule has 0 amide bonds. The molecule has 108 valence electrons. The maximum atomic E-state index is 8.70. The summed E-state index contributed by atoms with van der Waals surface area (Å²) in [4.78, 5) is 0. The fourth-order valence-electron chi connectivity index (χ4n) is 1.78. The van der Waals surface area contributed by atoms with Gasteiger partial charge in [-0.05, 0) is 48.9 Å². The van der Waals surface area contributed by atoms with Gasteiger partial charge >= 0.3 is 0 Å². The van der Waals surface area contributed by atoms with Crippen LogP contribution in [0, 0.1) is 18.3 Å². The van der Waals surface area contributed by atoms with Crippen LogP contribution in [0.4, 0.5) is 0 Å². The highest BCUT2D eigenvalue weighted by atomic mass is 35.5. The predicted octanol–water partition coefficient (Wildman–Crippen LogP) is 4.37. The van der Waals surface area contributed by atoms with Crippen LogP contribution >= 0.6 is 11.6 Å². The van der Waals surface area contributed by atoms with Crippen molar-refractivity contribution in [3.05, 3.63) is 58.6 Å². The SMILES string of the molecule is Cc1ccc(OCCCOc2ccc(C#N)cc2)c(Cl)c1. The van der Waals surface area contributed by atoms with Crippen molar-refractivity contribution in [1.82, 2.24) is 0 Å². The Morgan fingerprint density at radius 2 is 1.76 bits per heavy atom. The van der Waals surface area contributed by atoms with E-state index in [1.54, 1.807) is 24.3 Å². The van der Waals surface area contributed by atoms with Gasteiger partial charge in [-0.1, -0.05) is 17.7 Å². The van der Waals surface area contributed by atoms with E-state index in [9.17, 15) is 0 Å². The van der Waals surface area contributed by atoms with E-state index < -0.39 is 0 Å². The van der Waals surface area contributed by atoms with Crippen LogP contribution in [0.2, 0.25) is 5.02 Å². The summed E-state index contributed by atoms with van der Waals surface area (Å²) in [6, 6.07) is 14.8. The molecule has 2 aromatic rings. The molecule has 0 bridgehead atoms. The topological polar surface area (TPSA) is 42.2 Å². The largest absolute Gasteiger partial charge is 0.493 e. The summed E-state index contributed by atoms with van der Waals surface area (Å²) in [7, 11) is 0. The third-order valence-corrected chi connectivity index (χ3v) is 3.18. The van der Waals surface area contributed by atoms with Gasteiger partial charge in [0.1, 0.15) is 11.5 Å². The van der Waals surface area contributed by atoms with Crippen LogP contribution in [0.15, 0.2) is 42.5 Å². The summed E-state index contributed by atoms with van der Waals surface area (Å²) in [6.45, 7) is 3.08. The third-order valence-electron chi connectivity index (χ3n) is 2.89. The maximum Gasteiger partial charge on any atom is 0.137 e. The Bertz CT molecular complexity index is 632. The molecule has 3 nitrogen and oxygen atoms in total. The average molecular weight is 302 g/mol. The first kappa shape index (κ1) is 15.2. The number of aryl methyl sites for hydroxylation is 1. The lowest BCUT2D eigenvalue weighted by atomic mass is 10.2. The molecule has 4 heteroatoms. The highest BCUT2D eigenvalue weighted by molar-refractivity contribution is 6.32. The van der Waals surface area contributed by atoms with Gasteiger partial charge in [-0.15, -0.1) is 0 Å². The number of rotatable bonds is 6. The molecule has 0 atom stereocenters. The maximum absolute atomic E-state index is 8.70. The Labute approximate surface area is 129 Å². The summed E-state index contributed by atoms with van der Waals surface area (Å²) in [5.74, 6) is 1.45. The van der Waals surface area contributed by atoms with Crippen LogP contribution in [0.3, 0.4) is 0 Å². The number of hydrogen-bond donors (Lipinski definition) is 0. The molecule has 0 saturated carbocycles. The zero-order valence-corrected chi connectivity index (χ0v) is 12.6. The molecule has 0 fully saturated rings. The lowest BCUT2D eigenvalue weighted by Crippen LogP contribution is -2.05. The standard InChI is InChI=1S/C17H16ClNO2/c1-13-3-8-17(16(18)11-13)21-10-2-9-20-15-6-4-14(12-19)5-7-15/h3-8,11H,2,9-10H2,1H3. The van der Waals surface area contributed by atoms with E-state index in [0.717, 1.165) is 17.7 Å². The summed E-state index contributed by atoms with van der Waals surface area (Å²) in [6.07, 6.45) is 0.754. The smallest absolute Gasteiger partial charge is 0.137 e. The zero-order chi connectivity index (χ0) is 15.1. The highest BCUT2D eigenvalue weighted by Gasteiger charge is 2.01. The molecule has 0 aliphatic carbocycles. The normalized spacial score (nSPS) is 9.95. The summed E-state index contributed by atoms with van der Waals surface area (Å²) >= 11 is 6.08. The van der Waals surface area contributed by atoms with E-state index in [1.807, 2.05) is 25.1 Å². The van der Waals surface area contributed by atoms with Crippen LogP contribution < -0.4 is 9.47 Å². The van der Waals surface area contributed by atoms with Gasteiger partial charge in [0, 0.05) is 6.42 Å². The predicted molar refractivity (Wildman–Crippen MR) is 83.0 cm³/mol. The van der Waals surface area contributed by atoms with Crippen LogP contribution in [0.5, 0.6) is 11.5 Å². The van der Waals surface area contributed by atoms with E-state index in [1.165, 1.54) is 0 Å². The molecular formula is C17H16ClNO2. The molecule has 2 aromatic carbocycles. The summed E-state index contributed by atoms with van der Waals surface area (Å²) < 4.78 is 11.2. The number of nitriles is 1. The number of hydrogen-bond acceptors (Lipinski definition) is 3. The number of halogens is 1. The van der Waals surface area contributed by atoms with Crippen molar-refractivity contribution in [1.29, 1.82) is 5.26 Å². The lowest BCUT2D eigenvalue weighted by molar-refractivity contribution is 0.247. The number of ether oxygens (including phenoxy) is 2. The Balaban J connectivity index is 1.71. The van der Waals surface area contributed by atoms with Gasteiger partial charge < -0.3 is 9.47 Å². The molecule has 0 aromatic heterocycles. The van der Waals surface area contributed by atoms with Crippen molar-refractivity contribution < 1.29 is 9.47 Å². The zero-order valence-electron chi connectivity index (χ0n) is 11.8. The summed E-state index contributed by atoms with van der Waals surface area (Å²) in [5, 5.41) is 9.33. The second kappa shape index (κ2) is 7.56. The van der Waals surface area contributed by atoms with Crippen molar-refractivity contribution in [3.8, 4) is 17.6 Å². The van der Waals surface area contributed by atoms with Crippen LogP contribution in [0.1, 0.15) is 17.5 Å². The second-order valence-electron chi connectivity index (χ2n) is 4.62. The van der Waals surface area contributed by atoms with Gasteiger partial charge in [-0.2, -0.15) is 5.26 Å². The molecule has 0 aliphatic rings. The van der Waals surface area contributed by atoms with E-state index >= 15 is 0 Å². The minimum Gasteiger partial charge on any atom is -0.493 e. The van der Waals surface area contributed by atoms with E-state index in [0.29, 0.717) is 29.5 Å². The molecule has 0 aliphatic heterocycles. The van der Waals surface area contributed by atoms with Gasteiger partial charge in [0.25, 0.3) is 0 Å². The quantitative estimate of drug-likeness (QED) is 0.744. The molecule has 0 unspecified atom stereocenters. The number of benzene rings is 2. The van der Waals surface area contributed by atoms with Gasteiger partial charge in [0.05, 0.1) is 29.9 Å². The van der Waals surface area contributed by atoms with E-state index in [2.05, 4.69) is 6.07 Å². The minimum atomic E-state index is 0.541. The molecule has 0 heterocycles. The van der Waals surface area contributed by atoms with Crippen molar-refractivity contribution in [2.24, 2.45) is 0 Å². The Morgan fingerprint density at radius 3 is 2.43 bits per heavy atom. The van der Waals surface area contributed by atoms with Gasteiger partial charge in [-0.3, -0.25) is 0 Å².